The molecule has 0 bridgehead atoms. The Morgan fingerprint density at radius 2 is 1.92 bits per heavy atom. The predicted octanol–water partition coefficient (Wildman–Crippen LogP) is -0.0132. The Balaban J connectivity index is 2.54. The second-order valence-electron chi connectivity index (χ2n) is 2.81. The van der Waals surface area contributed by atoms with Crippen molar-refractivity contribution in [2.45, 2.75) is 13.3 Å². The fourth-order valence-electron chi connectivity index (χ4n) is 1.16. The third-order valence-electron chi connectivity index (χ3n) is 1.65. The lowest BCUT2D eigenvalue weighted by atomic mass is 10.1. The zero-order valence-electron chi connectivity index (χ0n) is 7.41. The summed E-state index contributed by atoms with van der Waals surface area (Å²) in [6.45, 7) is 1.90. The van der Waals surface area contributed by atoms with Gasteiger partial charge in [-0.1, -0.05) is 0 Å². The lowest BCUT2D eigenvalue weighted by Gasteiger charge is -2.23. The molecular formula is C8H11NO4. The summed E-state index contributed by atoms with van der Waals surface area (Å²) in [6.07, 6.45) is -0.653. The largest absolute Gasteiger partial charge is 0.450 e. The van der Waals surface area contributed by atoms with E-state index in [-0.39, 0.29) is 37.7 Å². The van der Waals surface area contributed by atoms with Crippen molar-refractivity contribution in [2.24, 2.45) is 0 Å². The Labute approximate surface area is 75.6 Å². The molecule has 1 fully saturated rings. The zero-order valence-corrected chi connectivity index (χ0v) is 7.41. The van der Waals surface area contributed by atoms with E-state index < -0.39 is 6.09 Å². The number of amides is 1. The minimum absolute atomic E-state index is 0.00935. The molecule has 1 aliphatic heterocycles. The highest BCUT2D eigenvalue weighted by Crippen LogP contribution is 2.04. The van der Waals surface area contributed by atoms with Crippen molar-refractivity contribution < 1.29 is 19.1 Å². The number of piperidine rings is 1. The van der Waals surface area contributed by atoms with Gasteiger partial charge < -0.3 is 4.74 Å². The van der Waals surface area contributed by atoms with Crippen LogP contribution in [0.3, 0.4) is 0 Å². The topological polar surface area (TPSA) is 63.7 Å². The molecule has 1 aliphatic rings. The summed E-state index contributed by atoms with van der Waals surface area (Å²) in [5, 5.41) is 0. The van der Waals surface area contributed by atoms with Crippen LogP contribution in [0.1, 0.15) is 13.3 Å². The van der Waals surface area contributed by atoms with Crippen LogP contribution in [-0.2, 0) is 14.3 Å². The number of likely N-dealkylation sites (tertiary alicyclic amines) is 1. The molecule has 0 aromatic rings. The van der Waals surface area contributed by atoms with Crippen molar-refractivity contribution >= 4 is 17.7 Å². The van der Waals surface area contributed by atoms with Crippen LogP contribution >= 0.6 is 0 Å². The SMILES string of the molecule is CCOC(=O)N1CC(=O)CC(=O)C1. The van der Waals surface area contributed by atoms with Gasteiger partial charge in [-0.05, 0) is 6.92 Å². The highest BCUT2D eigenvalue weighted by atomic mass is 16.6. The van der Waals surface area contributed by atoms with E-state index in [0.29, 0.717) is 0 Å². The van der Waals surface area contributed by atoms with Crippen LogP contribution in [0, 0.1) is 0 Å². The van der Waals surface area contributed by atoms with Gasteiger partial charge in [0.15, 0.2) is 11.6 Å². The van der Waals surface area contributed by atoms with E-state index in [9.17, 15) is 14.4 Å². The molecule has 5 nitrogen and oxygen atoms in total. The van der Waals surface area contributed by atoms with E-state index in [0.717, 1.165) is 4.90 Å². The van der Waals surface area contributed by atoms with E-state index in [1.54, 1.807) is 6.92 Å². The maximum Gasteiger partial charge on any atom is 0.410 e. The number of rotatable bonds is 1. The summed E-state index contributed by atoms with van der Waals surface area (Å²) in [7, 11) is 0. The second-order valence-corrected chi connectivity index (χ2v) is 2.81. The number of nitrogens with zero attached hydrogens (tertiary/aromatic N) is 1. The number of hydrogen-bond donors (Lipinski definition) is 0. The molecule has 0 aromatic heterocycles. The second kappa shape index (κ2) is 4.02. The van der Waals surface area contributed by atoms with Crippen LogP contribution in [0.15, 0.2) is 0 Å². The molecule has 0 aromatic carbocycles. The van der Waals surface area contributed by atoms with Crippen LogP contribution in [0.2, 0.25) is 0 Å². The van der Waals surface area contributed by atoms with Gasteiger partial charge in [-0.25, -0.2) is 4.79 Å². The fourth-order valence-corrected chi connectivity index (χ4v) is 1.16. The Kier molecular flexibility index (Phi) is 3.00. The van der Waals surface area contributed by atoms with Crippen molar-refractivity contribution in [3.63, 3.8) is 0 Å². The average Bonchev–Trinajstić information content (AvgIpc) is 2.03. The molecule has 5 heteroatoms. The molecule has 1 amide bonds. The Morgan fingerprint density at radius 3 is 2.38 bits per heavy atom. The number of carbonyl (C=O) groups is 3. The van der Waals surface area contributed by atoms with Gasteiger partial charge in [0, 0.05) is 0 Å². The molecule has 0 atom stereocenters. The summed E-state index contributed by atoms with van der Waals surface area (Å²) < 4.78 is 4.66. The maximum absolute atomic E-state index is 11.1. The molecule has 0 radical (unpaired) electrons. The van der Waals surface area contributed by atoms with Gasteiger partial charge in [0.25, 0.3) is 0 Å². The minimum Gasteiger partial charge on any atom is -0.450 e. The van der Waals surface area contributed by atoms with Gasteiger partial charge in [-0.15, -0.1) is 0 Å². The van der Waals surface area contributed by atoms with Gasteiger partial charge in [0.1, 0.15) is 0 Å². The molecule has 1 saturated heterocycles. The van der Waals surface area contributed by atoms with Gasteiger partial charge in [0.2, 0.25) is 0 Å². The monoisotopic (exact) mass is 185 g/mol. The van der Waals surface area contributed by atoms with Crippen molar-refractivity contribution in [2.75, 3.05) is 19.7 Å². The van der Waals surface area contributed by atoms with Crippen molar-refractivity contribution in [1.29, 1.82) is 0 Å². The summed E-state index contributed by atoms with van der Waals surface area (Å²) in [5.41, 5.74) is 0. The lowest BCUT2D eigenvalue weighted by molar-refractivity contribution is -0.131. The van der Waals surface area contributed by atoms with Crippen LogP contribution in [-0.4, -0.2) is 42.3 Å². The molecule has 0 unspecified atom stereocenters. The molecular weight excluding hydrogens is 174 g/mol. The quantitative estimate of drug-likeness (QED) is 0.539. The smallest absolute Gasteiger partial charge is 0.410 e. The highest BCUT2D eigenvalue weighted by Gasteiger charge is 2.27. The number of ether oxygens (including phenoxy) is 1. The van der Waals surface area contributed by atoms with E-state index >= 15 is 0 Å². The van der Waals surface area contributed by atoms with Crippen molar-refractivity contribution in [3.05, 3.63) is 0 Å². The third kappa shape index (κ3) is 2.54. The summed E-state index contributed by atoms with van der Waals surface area (Å²) >= 11 is 0. The molecule has 72 valence electrons. The van der Waals surface area contributed by atoms with Crippen LogP contribution in [0.5, 0.6) is 0 Å². The van der Waals surface area contributed by atoms with Crippen LogP contribution < -0.4 is 0 Å². The molecule has 13 heavy (non-hydrogen) atoms. The standard InChI is InChI=1S/C8H11NO4/c1-2-13-8(12)9-4-6(10)3-7(11)5-9/h2-5H2,1H3. The first kappa shape index (κ1) is 9.70. The first-order valence-corrected chi connectivity index (χ1v) is 4.08. The first-order valence-electron chi connectivity index (χ1n) is 4.08. The molecule has 0 N–H and O–H groups in total. The Bertz CT molecular complexity index is 233. The highest BCUT2D eigenvalue weighted by molar-refractivity contribution is 6.05. The number of Topliss-reactive ketones (excluding diaryl/α,β-unsaturated/α-hetero) is 2. The van der Waals surface area contributed by atoms with E-state index in [4.69, 9.17) is 0 Å². The normalized spacial score (nSPS) is 17.5. The average molecular weight is 185 g/mol. The summed E-state index contributed by atoms with van der Waals surface area (Å²) in [6, 6.07) is 0. The van der Waals surface area contributed by atoms with Crippen LogP contribution in [0.4, 0.5) is 4.79 Å². The Hall–Kier alpha value is -1.39. The molecule has 0 spiro atoms. The van der Waals surface area contributed by atoms with Gasteiger partial charge >= 0.3 is 6.09 Å². The molecule has 0 aliphatic carbocycles. The van der Waals surface area contributed by atoms with E-state index in [1.807, 2.05) is 0 Å². The predicted molar refractivity (Wildman–Crippen MR) is 43.2 cm³/mol. The zero-order chi connectivity index (χ0) is 9.84. The van der Waals surface area contributed by atoms with E-state index in [2.05, 4.69) is 4.74 Å². The van der Waals surface area contributed by atoms with E-state index in [1.165, 1.54) is 0 Å². The maximum atomic E-state index is 11.1. The van der Waals surface area contributed by atoms with Gasteiger partial charge in [-0.3, -0.25) is 14.5 Å². The van der Waals surface area contributed by atoms with Crippen LogP contribution in [0.25, 0.3) is 0 Å². The molecule has 1 rings (SSSR count). The fraction of sp³-hybridized carbons (Fsp3) is 0.625. The minimum atomic E-state index is -0.594. The van der Waals surface area contributed by atoms with Crippen molar-refractivity contribution in [1.82, 2.24) is 4.90 Å². The molecule has 0 saturated carbocycles. The number of carbonyl (C=O) groups excluding carboxylic acids is 3. The number of ketones is 2. The number of hydrogen-bond acceptors (Lipinski definition) is 4. The van der Waals surface area contributed by atoms with Crippen molar-refractivity contribution in [3.8, 4) is 0 Å². The lowest BCUT2D eigenvalue weighted by Crippen LogP contribution is -2.44. The Morgan fingerprint density at radius 1 is 1.38 bits per heavy atom. The molecule has 1 heterocycles. The summed E-state index contributed by atoms with van der Waals surface area (Å²) in [4.78, 5) is 34.1. The third-order valence-corrected chi connectivity index (χ3v) is 1.65. The summed E-state index contributed by atoms with van der Waals surface area (Å²) in [5.74, 6) is -0.464. The first-order chi connectivity index (χ1) is 6.13. The van der Waals surface area contributed by atoms with Gasteiger partial charge in [0.05, 0.1) is 26.1 Å². The van der Waals surface area contributed by atoms with Gasteiger partial charge in [-0.2, -0.15) is 0 Å².